The Kier molecular flexibility index (Phi) is 5.06. The first-order chi connectivity index (χ1) is 14.1. The van der Waals surface area contributed by atoms with Crippen molar-refractivity contribution in [2.75, 3.05) is 6.61 Å². The molecule has 0 aromatic carbocycles. The molecule has 1 N–H and O–H groups in total. The first-order valence-electron chi connectivity index (χ1n) is 11.0. The summed E-state index contributed by atoms with van der Waals surface area (Å²) in [5.41, 5.74) is -0.108. The Balaban J connectivity index is 1.65. The van der Waals surface area contributed by atoms with Crippen LogP contribution in [-0.2, 0) is 23.9 Å². The van der Waals surface area contributed by atoms with Gasteiger partial charge in [-0.3, -0.25) is 14.4 Å². The lowest BCUT2D eigenvalue weighted by Gasteiger charge is -2.57. The van der Waals surface area contributed by atoms with Gasteiger partial charge >= 0.3 is 12.1 Å². The van der Waals surface area contributed by atoms with Crippen LogP contribution in [0.25, 0.3) is 0 Å². The molecule has 164 valence electrons. The summed E-state index contributed by atoms with van der Waals surface area (Å²) in [6.07, 6.45) is 3.22. The van der Waals surface area contributed by atoms with Crippen LogP contribution < -0.4 is 0 Å². The number of ether oxygens (including phenoxy) is 2. The summed E-state index contributed by atoms with van der Waals surface area (Å²) in [4.78, 5) is 49.7. The number of hydrogen-bond donors (Lipinski definition) is 1. The molecule has 3 saturated carbocycles. The summed E-state index contributed by atoms with van der Waals surface area (Å²) in [6, 6.07) is 0. The summed E-state index contributed by atoms with van der Waals surface area (Å²) in [5, 5.41) is 9.71. The van der Waals surface area contributed by atoms with Gasteiger partial charge in [-0.2, -0.15) is 0 Å². The van der Waals surface area contributed by atoms with Gasteiger partial charge in [-0.1, -0.05) is 19.4 Å². The van der Waals surface area contributed by atoms with Crippen LogP contribution in [-0.4, -0.2) is 41.5 Å². The third-order valence-corrected chi connectivity index (χ3v) is 8.47. The summed E-state index contributed by atoms with van der Waals surface area (Å²) < 4.78 is 10.1. The van der Waals surface area contributed by atoms with Crippen LogP contribution in [0.4, 0.5) is 4.79 Å². The van der Waals surface area contributed by atoms with Crippen LogP contribution >= 0.6 is 0 Å². The molecule has 7 heteroatoms. The lowest BCUT2D eigenvalue weighted by molar-refractivity contribution is -0.156. The van der Waals surface area contributed by atoms with Gasteiger partial charge < -0.3 is 14.6 Å². The van der Waals surface area contributed by atoms with Crippen molar-refractivity contribution >= 4 is 23.7 Å². The van der Waals surface area contributed by atoms with Crippen molar-refractivity contribution in [1.82, 2.24) is 0 Å². The number of carbonyl (C=O) groups excluding carboxylic acids is 3. The molecule has 0 aromatic heterocycles. The highest BCUT2D eigenvalue weighted by Gasteiger charge is 2.64. The monoisotopic (exact) mass is 418 g/mol. The summed E-state index contributed by atoms with van der Waals surface area (Å²) >= 11 is 0. The predicted molar refractivity (Wildman–Crippen MR) is 106 cm³/mol. The molecular formula is C23H30O7. The SMILES string of the molecule is CCOC(=O)OC1C[C@@]2(C)C(=CC1=O)CC[C@H]1[C@@H]3CC[C@H](C(=O)O)[C@@]3(C)CC(=O)[C@@H]12. The van der Waals surface area contributed by atoms with Crippen molar-refractivity contribution in [3.63, 3.8) is 0 Å². The molecule has 0 amide bonds. The molecule has 4 rings (SSSR count). The van der Waals surface area contributed by atoms with E-state index in [1.165, 1.54) is 0 Å². The van der Waals surface area contributed by atoms with E-state index in [1.54, 1.807) is 13.0 Å². The van der Waals surface area contributed by atoms with Crippen molar-refractivity contribution in [1.29, 1.82) is 0 Å². The molecule has 3 fully saturated rings. The van der Waals surface area contributed by atoms with Crippen molar-refractivity contribution in [3.8, 4) is 0 Å². The number of carbonyl (C=O) groups is 4. The topological polar surface area (TPSA) is 107 Å². The van der Waals surface area contributed by atoms with E-state index in [2.05, 4.69) is 0 Å². The lowest BCUT2D eigenvalue weighted by Crippen LogP contribution is -2.57. The quantitative estimate of drug-likeness (QED) is 0.699. The van der Waals surface area contributed by atoms with Crippen LogP contribution in [0, 0.1) is 34.5 Å². The number of rotatable bonds is 3. The van der Waals surface area contributed by atoms with E-state index in [-0.39, 0.29) is 48.8 Å². The third-order valence-electron chi connectivity index (χ3n) is 8.47. The molecule has 0 heterocycles. The van der Waals surface area contributed by atoms with Gasteiger partial charge in [0.25, 0.3) is 0 Å². The van der Waals surface area contributed by atoms with E-state index in [1.807, 2.05) is 13.8 Å². The Morgan fingerprint density at radius 1 is 1.20 bits per heavy atom. The Morgan fingerprint density at radius 2 is 1.93 bits per heavy atom. The van der Waals surface area contributed by atoms with Gasteiger partial charge in [0.1, 0.15) is 5.78 Å². The molecule has 7 nitrogen and oxygen atoms in total. The van der Waals surface area contributed by atoms with Crippen LogP contribution in [0.15, 0.2) is 11.6 Å². The molecule has 30 heavy (non-hydrogen) atoms. The predicted octanol–water partition coefficient (Wildman–Crippen LogP) is 3.55. The van der Waals surface area contributed by atoms with Gasteiger partial charge in [-0.05, 0) is 55.9 Å². The van der Waals surface area contributed by atoms with Crippen LogP contribution in [0.5, 0.6) is 0 Å². The molecule has 0 aliphatic heterocycles. The zero-order chi connectivity index (χ0) is 21.8. The number of carboxylic acids is 1. The van der Waals surface area contributed by atoms with Crippen molar-refractivity contribution in [2.24, 2.45) is 34.5 Å². The molecule has 1 unspecified atom stereocenters. The Hall–Kier alpha value is -2.18. The van der Waals surface area contributed by atoms with Gasteiger partial charge in [0, 0.05) is 24.2 Å². The van der Waals surface area contributed by atoms with Gasteiger partial charge in [0.05, 0.1) is 12.5 Å². The maximum atomic E-state index is 13.5. The minimum absolute atomic E-state index is 0.0873. The largest absolute Gasteiger partial charge is 0.508 e. The van der Waals surface area contributed by atoms with E-state index >= 15 is 0 Å². The minimum atomic E-state index is -0.951. The second-order valence-electron chi connectivity index (χ2n) is 9.89. The molecule has 0 bridgehead atoms. The second-order valence-corrected chi connectivity index (χ2v) is 9.89. The highest BCUT2D eigenvalue weighted by Crippen LogP contribution is 2.65. The fraction of sp³-hybridized carbons (Fsp3) is 0.739. The van der Waals surface area contributed by atoms with E-state index in [4.69, 9.17) is 9.47 Å². The van der Waals surface area contributed by atoms with Gasteiger partial charge in [0.2, 0.25) is 0 Å². The first kappa shape index (κ1) is 21.1. The molecule has 0 radical (unpaired) electrons. The van der Waals surface area contributed by atoms with E-state index in [0.29, 0.717) is 12.8 Å². The normalized spacial score (nSPS) is 42.5. The zero-order valence-electron chi connectivity index (χ0n) is 17.8. The van der Waals surface area contributed by atoms with E-state index in [0.717, 1.165) is 18.4 Å². The number of ketones is 2. The van der Waals surface area contributed by atoms with E-state index in [9.17, 15) is 24.3 Å². The Morgan fingerprint density at radius 3 is 2.60 bits per heavy atom. The molecule has 0 spiro atoms. The smallest absolute Gasteiger partial charge is 0.481 e. The van der Waals surface area contributed by atoms with Gasteiger partial charge in [-0.15, -0.1) is 0 Å². The highest BCUT2D eigenvalue weighted by atomic mass is 16.7. The van der Waals surface area contributed by atoms with Crippen LogP contribution in [0.3, 0.4) is 0 Å². The fourth-order valence-corrected chi connectivity index (χ4v) is 7.20. The van der Waals surface area contributed by atoms with Crippen LogP contribution in [0.1, 0.15) is 59.3 Å². The van der Waals surface area contributed by atoms with Crippen LogP contribution in [0.2, 0.25) is 0 Å². The van der Waals surface area contributed by atoms with Crippen molar-refractivity contribution in [3.05, 3.63) is 11.6 Å². The second kappa shape index (κ2) is 7.20. The number of carboxylic acid groups (broad SMARTS) is 1. The molecular weight excluding hydrogens is 388 g/mol. The van der Waals surface area contributed by atoms with Crippen molar-refractivity contribution < 1.29 is 33.8 Å². The average Bonchev–Trinajstić information content (AvgIpc) is 2.99. The van der Waals surface area contributed by atoms with Crippen molar-refractivity contribution in [2.45, 2.75) is 65.4 Å². The zero-order valence-corrected chi connectivity index (χ0v) is 17.8. The fourth-order valence-electron chi connectivity index (χ4n) is 7.20. The number of aliphatic carboxylic acids is 1. The molecule has 0 aromatic rings. The summed E-state index contributed by atoms with van der Waals surface area (Å²) in [5.74, 6) is -1.45. The van der Waals surface area contributed by atoms with Gasteiger partial charge in [-0.25, -0.2) is 4.79 Å². The minimum Gasteiger partial charge on any atom is -0.481 e. The average molecular weight is 418 g/mol. The lowest BCUT2D eigenvalue weighted by atomic mass is 9.46. The molecule has 0 saturated heterocycles. The Bertz CT molecular complexity index is 829. The molecule has 4 aliphatic carbocycles. The maximum Gasteiger partial charge on any atom is 0.508 e. The Labute approximate surface area is 176 Å². The van der Waals surface area contributed by atoms with Gasteiger partial charge in [0.15, 0.2) is 11.9 Å². The number of hydrogen-bond acceptors (Lipinski definition) is 6. The number of Topliss-reactive ketones (excluding diaryl/α,β-unsaturated/α-hetero) is 1. The number of allylic oxidation sites excluding steroid dienone is 1. The number of fused-ring (bicyclic) bond motifs is 5. The molecule has 7 atom stereocenters. The first-order valence-corrected chi connectivity index (χ1v) is 11.0. The standard InChI is InChI=1S/C23H30O7/c1-4-29-21(28)30-18-11-22(2)12(9-16(18)24)5-6-13-14-7-8-15(20(26)27)23(14,3)10-17(25)19(13)22/h9,13-15,18-19H,4-8,10-11H2,1-3H3,(H,26,27)/t13-,14-,15+,18?,19+,22-,23-/m0/s1. The highest BCUT2D eigenvalue weighted by molar-refractivity contribution is 5.97. The third kappa shape index (κ3) is 3.00. The molecule has 4 aliphatic rings. The van der Waals surface area contributed by atoms with E-state index < -0.39 is 35.0 Å². The summed E-state index contributed by atoms with van der Waals surface area (Å²) in [6.45, 7) is 5.81. The maximum absolute atomic E-state index is 13.5. The summed E-state index contributed by atoms with van der Waals surface area (Å²) in [7, 11) is 0.